The van der Waals surface area contributed by atoms with Gasteiger partial charge in [0, 0.05) is 54.6 Å². The van der Waals surface area contributed by atoms with Crippen LogP contribution in [-0.4, -0.2) is 126 Å². The molecular weight excluding hydrogens is 427 g/mol. The molecule has 0 aliphatic carbocycles. The van der Waals surface area contributed by atoms with E-state index in [1.54, 1.807) is 28.4 Å². The number of rotatable bonds is 16. The van der Waals surface area contributed by atoms with Gasteiger partial charge >= 0.3 is 7.87 Å². The summed E-state index contributed by atoms with van der Waals surface area (Å²) in [5.74, 6) is 0. The maximum Gasteiger partial charge on any atom is 0.308 e. The van der Waals surface area contributed by atoms with Gasteiger partial charge in [0.25, 0.3) is 0 Å². The van der Waals surface area contributed by atoms with Crippen LogP contribution in [0.15, 0.2) is 0 Å². The maximum absolute atomic E-state index is 5.55. The molecule has 0 radical (unpaired) electrons. The van der Waals surface area contributed by atoms with Crippen molar-refractivity contribution in [3.8, 4) is 0 Å². The molecule has 0 unspecified atom stereocenters. The first-order valence-corrected chi connectivity index (χ1v) is 12.7. The van der Waals surface area contributed by atoms with Gasteiger partial charge in [-0.15, -0.1) is 18.7 Å². The van der Waals surface area contributed by atoms with E-state index in [1.165, 1.54) is 25.7 Å². The van der Waals surface area contributed by atoms with E-state index in [1.807, 2.05) is 0 Å². The van der Waals surface area contributed by atoms with Gasteiger partial charge in [0.1, 0.15) is 0 Å². The normalized spacial score (nSPS) is 18.6. The molecule has 0 saturated carbocycles. The van der Waals surface area contributed by atoms with Crippen molar-refractivity contribution in [3.63, 3.8) is 0 Å². The van der Waals surface area contributed by atoms with Gasteiger partial charge in [0.15, 0.2) is 0 Å². The molecule has 2 rings (SSSR count). The van der Waals surface area contributed by atoms with Crippen LogP contribution in [0.2, 0.25) is 0 Å². The van der Waals surface area contributed by atoms with E-state index in [0.29, 0.717) is 0 Å². The topological polar surface area (TPSA) is 49.9 Å². The lowest BCUT2D eigenvalue weighted by Crippen LogP contribution is -3.00. The van der Waals surface area contributed by atoms with Crippen molar-refractivity contribution in [2.24, 2.45) is 0 Å². The van der Waals surface area contributed by atoms with Crippen molar-refractivity contribution in [1.82, 2.24) is 18.7 Å². The van der Waals surface area contributed by atoms with Crippen LogP contribution in [0.1, 0.15) is 25.7 Å². The predicted molar refractivity (Wildman–Crippen MR) is 119 cm³/mol. The van der Waals surface area contributed by atoms with E-state index >= 15 is 0 Å². The molecule has 0 N–H and O–H groups in total. The minimum absolute atomic E-state index is 0. The summed E-state index contributed by atoms with van der Waals surface area (Å²) in [5.41, 5.74) is 0. The first kappa shape index (κ1) is 28.4. The number of ether oxygens (including phenoxy) is 4. The zero-order valence-electron chi connectivity index (χ0n) is 19.6. The summed E-state index contributed by atoms with van der Waals surface area (Å²) in [5, 5.41) is 0. The van der Waals surface area contributed by atoms with Crippen LogP contribution >= 0.6 is 7.87 Å². The lowest BCUT2D eigenvalue weighted by molar-refractivity contribution is -0.00000768. The SMILES string of the molecule is COCCN(CCOC)[P+](N1CCCC1)(N1CCCC1)N(CCOC)CCOC.[Cl-]. The van der Waals surface area contributed by atoms with Gasteiger partial charge in [-0.05, 0) is 25.7 Å². The zero-order chi connectivity index (χ0) is 21.0. The second kappa shape index (κ2) is 16.1. The Kier molecular flexibility index (Phi) is 15.2. The van der Waals surface area contributed by atoms with Gasteiger partial charge in [-0.25, -0.2) is 0 Å². The monoisotopic (exact) mass is 470 g/mol. The first-order valence-electron chi connectivity index (χ1n) is 11.1. The first-order chi connectivity index (χ1) is 14.2. The molecule has 2 aliphatic rings. The fraction of sp³-hybridized carbons (Fsp3) is 1.00. The van der Waals surface area contributed by atoms with E-state index < -0.39 is 7.87 Å². The third-order valence-corrected chi connectivity index (χ3v) is 10.5. The van der Waals surface area contributed by atoms with Gasteiger partial charge in [0.05, 0.1) is 52.6 Å². The van der Waals surface area contributed by atoms with Crippen molar-refractivity contribution in [2.45, 2.75) is 25.7 Å². The third-order valence-electron chi connectivity index (χ3n) is 5.90. The quantitative estimate of drug-likeness (QED) is 0.268. The van der Waals surface area contributed by atoms with Crippen molar-refractivity contribution in [2.75, 3.05) is 107 Å². The molecular formula is C20H44ClN4O4P. The highest BCUT2D eigenvalue weighted by Gasteiger charge is 2.62. The fourth-order valence-corrected chi connectivity index (χ4v) is 9.74. The average Bonchev–Trinajstić information content (AvgIpc) is 3.46. The second-order valence-corrected chi connectivity index (χ2v) is 11.1. The van der Waals surface area contributed by atoms with Crippen molar-refractivity contribution in [3.05, 3.63) is 0 Å². The molecule has 2 saturated heterocycles. The molecule has 0 bridgehead atoms. The van der Waals surface area contributed by atoms with Crippen molar-refractivity contribution in [1.29, 1.82) is 0 Å². The van der Waals surface area contributed by atoms with Crippen LogP contribution in [0, 0.1) is 0 Å². The molecule has 10 heteroatoms. The molecule has 0 amide bonds. The number of hydrogen-bond donors (Lipinski definition) is 0. The Hall–Kier alpha value is 0.400. The largest absolute Gasteiger partial charge is 1.00 e. The van der Waals surface area contributed by atoms with Gasteiger partial charge in [0.2, 0.25) is 0 Å². The van der Waals surface area contributed by atoms with E-state index in [0.717, 1.165) is 78.8 Å². The van der Waals surface area contributed by atoms with Crippen LogP contribution in [0.3, 0.4) is 0 Å². The Balaban J connectivity index is 0.00000450. The number of hydrogen-bond acceptors (Lipinski definition) is 8. The molecule has 2 heterocycles. The van der Waals surface area contributed by atoms with Crippen LogP contribution in [-0.2, 0) is 18.9 Å². The van der Waals surface area contributed by atoms with E-state index in [-0.39, 0.29) is 12.4 Å². The van der Waals surface area contributed by atoms with E-state index in [9.17, 15) is 0 Å². The molecule has 8 nitrogen and oxygen atoms in total. The van der Waals surface area contributed by atoms with E-state index in [4.69, 9.17) is 18.9 Å². The van der Waals surface area contributed by atoms with Gasteiger partial charge in [-0.1, -0.05) is 0 Å². The third kappa shape index (κ3) is 7.20. The fourth-order valence-electron chi connectivity index (χ4n) is 4.56. The van der Waals surface area contributed by atoms with Crippen LogP contribution < -0.4 is 12.4 Å². The summed E-state index contributed by atoms with van der Waals surface area (Å²) in [7, 11) is 5.28. The molecule has 30 heavy (non-hydrogen) atoms. The minimum Gasteiger partial charge on any atom is -1.00 e. The highest BCUT2D eigenvalue weighted by Crippen LogP contribution is 2.71. The summed E-state index contributed by atoms with van der Waals surface area (Å²) < 4.78 is 33.2. The summed E-state index contributed by atoms with van der Waals surface area (Å²) in [6.45, 7) is 11.2. The van der Waals surface area contributed by atoms with Crippen LogP contribution in [0.4, 0.5) is 0 Å². The van der Waals surface area contributed by atoms with Gasteiger partial charge in [-0.2, -0.15) is 0 Å². The molecule has 0 aromatic rings. The summed E-state index contributed by atoms with van der Waals surface area (Å²) >= 11 is 0. The molecule has 0 aromatic heterocycles. The lowest BCUT2D eigenvalue weighted by atomic mass is 10.4. The highest BCUT2D eigenvalue weighted by atomic mass is 35.5. The zero-order valence-corrected chi connectivity index (χ0v) is 21.2. The van der Waals surface area contributed by atoms with Crippen molar-refractivity contribution >= 4 is 7.87 Å². The Morgan fingerprint density at radius 1 is 0.567 bits per heavy atom. The maximum atomic E-state index is 5.55. The summed E-state index contributed by atoms with van der Waals surface area (Å²) in [4.78, 5) is 0. The van der Waals surface area contributed by atoms with E-state index in [2.05, 4.69) is 18.7 Å². The Bertz CT molecular complexity index is 376. The standard InChI is InChI=1S/C20H44N4O4P.ClH/c1-25-17-13-23(14-18-26-2)29(21-9-5-6-10-21,22-11-7-8-12-22)24(15-19-27-3)16-20-28-4;/h5-20H2,1-4H3;1H/q+1;/p-1. The predicted octanol–water partition coefficient (Wildman–Crippen LogP) is -0.951. The Labute approximate surface area is 191 Å². The number of halogens is 1. The molecule has 180 valence electrons. The average molecular weight is 471 g/mol. The molecule has 0 atom stereocenters. The lowest BCUT2D eigenvalue weighted by Gasteiger charge is -2.49. The van der Waals surface area contributed by atoms with Gasteiger partial charge < -0.3 is 31.4 Å². The number of nitrogens with zero attached hydrogens (tertiary/aromatic N) is 4. The minimum atomic E-state index is -1.92. The Morgan fingerprint density at radius 3 is 1.07 bits per heavy atom. The summed E-state index contributed by atoms with van der Waals surface area (Å²) in [6, 6.07) is 0. The molecule has 2 fully saturated rings. The smallest absolute Gasteiger partial charge is 0.308 e. The van der Waals surface area contributed by atoms with Crippen LogP contribution in [0.5, 0.6) is 0 Å². The highest BCUT2D eigenvalue weighted by molar-refractivity contribution is 7.66. The number of methoxy groups -OCH3 is 4. The molecule has 2 aliphatic heterocycles. The van der Waals surface area contributed by atoms with Crippen LogP contribution in [0.25, 0.3) is 0 Å². The molecule has 0 spiro atoms. The Morgan fingerprint density at radius 2 is 0.833 bits per heavy atom. The molecule has 0 aromatic carbocycles. The summed E-state index contributed by atoms with van der Waals surface area (Å²) in [6.07, 6.45) is 5.11. The van der Waals surface area contributed by atoms with Crippen molar-refractivity contribution < 1.29 is 31.4 Å². The second-order valence-electron chi connectivity index (χ2n) is 7.74. The van der Waals surface area contributed by atoms with Gasteiger partial charge in [-0.3, -0.25) is 0 Å².